The number of rotatable bonds is 8. The normalized spacial score (nSPS) is 16.5. The van der Waals surface area contributed by atoms with Gasteiger partial charge in [-0.1, -0.05) is 41.5 Å². The molecule has 0 saturated carbocycles. The van der Waals surface area contributed by atoms with Crippen LogP contribution in [0.1, 0.15) is 75.7 Å². The molecule has 0 aromatic carbocycles. The van der Waals surface area contributed by atoms with Crippen LogP contribution in [0.3, 0.4) is 0 Å². The van der Waals surface area contributed by atoms with Crippen LogP contribution in [0.25, 0.3) is 0 Å². The van der Waals surface area contributed by atoms with Crippen LogP contribution in [0.2, 0.25) is 0 Å². The Kier molecular flexibility index (Phi) is 7.14. The van der Waals surface area contributed by atoms with Crippen LogP contribution in [0.15, 0.2) is 0 Å². The summed E-state index contributed by atoms with van der Waals surface area (Å²) in [6.07, 6.45) is 0.860. The predicted octanol–water partition coefficient (Wildman–Crippen LogP) is 4.22. The molecule has 2 N–H and O–H groups in total. The van der Waals surface area contributed by atoms with E-state index < -0.39 is 0 Å². The third-order valence-electron chi connectivity index (χ3n) is 5.88. The van der Waals surface area contributed by atoms with Crippen molar-refractivity contribution in [3.05, 3.63) is 0 Å². The Morgan fingerprint density at radius 2 is 1.36 bits per heavy atom. The topological polar surface area (TPSA) is 41.1 Å². The van der Waals surface area contributed by atoms with Crippen LogP contribution in [-0.4, -0.2) is 24.0 Å². The van der Waals surface area contributed by atoms with E-state index in [9.17, 15) is 4.79 Å². The van der Waals surface area contributed by atoms with Gasteiger partial charge in [0.2, 0.25) is 5.91 Å². The summed E-state index contributed by atoms with van der Waals surface area (Å²) >= 11 is 0. The Morgan fingerprint density at radius 3 is 1.73 bits per heavy atom. The zero-order chi connectivity index (χ0) is 17.9. The zero-order valence-electron chi connectivity index (χ0n) is 16.8. The lowest BCUT2D eigenvalue weighted by atomic mass is 9.74. The Morgan fingerprint density at radius 1 is 0.909 bits per heavy atom. The fourth-order valence-corrected chi connectivity index (χ4v) is 2.77. The van der Waals surface area contributed by atoms with E-state index >= 15 is 0 Å². The molecule has 0 heterocycles. The van der Waals surface area contributed by atoms with Crippen molar-refractivity contribution in [1.82, 2.24) is 10.6 Å². The van der Waals surface area contributed by atoms with Crippen LogP contribution < -0.4 is 10.6 Å². The number of hydrogen-bond donors (Lipinski definition) is 2. The summed E-state index contributed by atoms with van der Waals surface area (Å²) in [6.45, 7) is 21.6. The van der Waals surface area contributed by atoms with Gasteiger partial charge in [0.05, 0.1) is 0 Å². The summed E-state index contributed by atoms with van der Waals surface area (Å²) in [5, 5.41) is 6.65. The highest BCUT2D eigenvalue weighted by Gasteiger charge is 2.38. The summed E-state index contributed by atoms with van der Waals surface area (Å²) in [5.74, 6) is 1.53. The highest BCUT2D eigenvalue weighted by molar-refractivity contribution is 5.82. The first-order valence-electron chi connectivity index (χ1n) is 8.69. The second-order valence-corrected chi connectivity index (χ2v) is 9.17. The Bertz CT molecular complexity index is 370. The van der Waals surface area contributed by atoms with E-state index in [4.69, 9.17) is 0 Å². The third kappa shape index (κ3) is 5.57. The smallest absolute Gasteiger partial charge is 0.226 e. The van der Waals surface area contributed by atoms with E-state index in [1.165, 1.54) is 0 Å². The van der Waals surface area contributed by atoms with Gasteiger partial charge >= 0.3 is 0 Å². The highest BCUT2D eigenvalue weighted by Crippen LogP contribution is 2.33. The van der Waals surface area contributed by atoms with Crippen molar-refractivity contribution in [1.29, 1.82) is 0 Å². The average molecular weight is 313 g/mol. The van der Waals surface area contributed by atoms with Crippen molar-refractivity contribution in [2.45, 2.75) is 86.7 Å². The summed E-state index contributed by atoms with van der Waals surface area (Å²) in [6, 6.07) is 0. The van der Waals surface area contributed by atoms with Crippen LogP contribution >= 0.6 is 0 Å². The van der Waals surface area contributed by atoms with Gasteiger partial charge in [-0.05, 0) is 58.9 Å². The molecule has 0 radical (unpaired) electrons. The van der Waals surface area contributed by atoms with Crippen LogP contribution in [0.5, 0.6) is 0 Å². The van der Waals surface area contributed by atoms with Crippen molar-refractivity contribution >= 4 is 5.91 Å². The van der Waals surface area contributed by atoms with Gasteiger partial charge < -0.3 is 10.6 Å². The van der Waals surface area contributed by atoms with E-state index in [1.807, 2.05) is 7.05 Å². The van der Waals surface area contributed by atoms with Gasteiger partial charge in [0.1, 0.15) is 0 Å². The first-order chi connectivity index (χ1) is 9.67. The van der Waals surface area contributed by atoms with Gasteiger partial charge in [0.25, 0.3) is 0 Å². The molecule has 0 rings (SSSR count). The molecule has 1 amide bonds. The molecule has 0 spiro atoms. The Hall–Kier alpha value is -0.570. The van der Waals surface area contributed by atoms with Gasteiger partial charge in [-0.2, -0.15) is 0 Å². The average Bonchev–Trinajstić information content (AvgIpc) is 2.36. The molecule has 0 saturated heterocycles. The van der Waals surface area contributed by atoms with Crippen LogP contribution in [0.4, 0.5) is 0 Å². The lowest BCUT2D eigenvalue weighted by Gasteiger charge is -2.40. The monoisotopic (exact) mass is 312 g/mol. The fraction of sp³-hybridized carbons (Fsp3) is 0.947. The van der Waals surface area contributed by atoms with Crippen LogP contribution in [-0.2, 0) is 4.79 Å². The van der Waals surface area contributed by atoms with E-state index in [2.05, 4.69) is 79.9 Å². The molecule has 22 heavy (non-hydrogen) atoms. The number of hydrogen-bond acceptors (Lipinski definition) is 2. The van der Waals surface area contributed by atoms with Crippen molar-refractivity contribution in [2.24, 2.45) is 23.2 Å². The van der Waals surface area contributed by atoms with E-state index in [1.54, 1.807) is 0 Å². The van der Waals surface area contributed by atoms with Gasteiger partial charge in [-0.25, -0.2) is 0 Å². The quantitative estimate of drug-likeness (QED) is 0.704. The molecule has 3 nitrogen and oxygen atoms in total. The molecule has 132 valence electrons. The number of carbonyl (C=O) groups excluding carboxylic acids is 1. The van der Waals surface area contributed by atoms with E-state index in [0.29, 0.717) is 17.8 Å². The number of carbonyl (C=O) groups is 1. The lowest BCUT2D eigenvalue weighted by Crippen LogP contribution is -2.54. The maximum absolute atomic E-state index is 12.8. The summed E-state index contributed by atoms with van der Waals surface area (Å²) in [4.78, 5) is 12.8. The van der Waals surface area contributed by atoms with Gasteiger partial charge in [0, 0.05) is 16.5 Å². The van der Waals surface area contributed by atoms with E-state index in [0.717, 1.165) is 6.42 Å². The van der Waals surface area contributed by atoms with Gasteiger partial charge in [-0.3, -0.25) is 4.79 Å². The lowest BCUT2D eigenvalue weighted by molar-refractivity contribution is -0.133. The minimum atomic E-state index is -0.374. The van der Waals surface area contributed by atoms with Crippen molar-refractivity contribution in [2.75, 3.05) is 7.05 Å². The molecule has 0 aliphatic rings. The summed E-state index contributed by atoms with van der Waals surface area (Å²) in [5.41, 5.74) is -0.538. The molecule has 0 aliphatic heterocycles. The summed E-state index contributed by atoms with van der Waals surface area (Å²) in [7, 11) is 1.98. The van der Waals surface area contributed by atoms with Gasteiger partial charge in [-0.15, -0.1) is 0 Å². The van der Waals surface area contributed by atoms with Crippen molar-refractivity contribution in [3.63, 3.8) is 0 Å². The first-order valence-corrected chi connectivity index (χ1v) is 8.69. The number of amides is 1. The Labute approximate surface area is 139 Å². The molecular weight excluding hydrogens is 272 g/mol. The molecular formula is C19H40N2O. The minimum Gasteiger partial charge on any atom is -0.350 e. The first kappa shape index (κ1) is 21.4. The van der Waals surface area contributed by atoms with Crippen LogP contribution in [0, 0.1) is 23.2 Å². The van der Waals surface area contributed by atoms with E-state index in [-0.39, 0.29) is 22.4 Å². The van der Waals surface area contributed by atoms with Crippen molar-refractivity contribution < 1.29 is 4.79 Å². The predicted molar refractivity (Wildman–Crippen MR) is 96.9 cm³/mol. The third-order valence-corrected chi connectivity index (χ3v) is 5.88. The Balaban J connectivity index is 4.97. The molecule has 0 aromatic heterocycles. The second-order valence-electron chi connectivity index (χ2n) is 9.17. The molecule has 0 bridgehead atoms. The number of nitrogens with one attached hydrogen (secondary N) is 2. The van der Waals surface area contributed by atoms with Crippen molar-refractivity contribution in [3.8, 4) is 0 Å². The fourth-order valence-electron chi connectivity index (χ4n) is 2.77. The standard InChI is InChI=1S/C19H40N2O/c1-13(2)15(4)19(9,10)21-16(22)17(5,6)12-14(3)18(7,8)20-11/h13-15,20H,12H2,1-11H3,(H,21,22). The van der Waals surface area contributed by atoms with Gasteiger partial charge in [0.15, 0.2) is 0 Å². The molecule has 2 atom stereocenters. The maximum atomic E-state index is 12.8. The SMILES string of the molecule is CNC(C)(C)C(C)CC(C)(C)C(=O)NC(C)(C)C(C)C(C)C. The largest absolute Gasteiger partial charge is 0.350 e. The zero-order valence-corrected chi connectivity index (χ0v) is 16.8. The second kappa shape index (κ2) is 7.33. The molecule has 2 unspecified atom stereocenters. The highest BCUT2D eigenvalue weighted by atomic mass is 16.2. The molecule has 0 aliphatic carbocycles. The minimum absolute atomic E-state index is 0.0261. The molecule has 3 heteroatoms. The molecule has 0 aromatic rings. The molecule has 0 fully saturated rings. The summed E-state index contributed by atoms with van der Waals surface area (Å²) < 4.78 is 0. The maximum Gasteiger partial charge on any atom is 0.226 e.